The predicted molar refractivity (Wildman–Crippen MR) is 77.8 cm³/mol. The molecule has 17 heavy (non-hydrogen) atoms. The number of rotatable bonds is 5. The summed E-state index contributed by atoms with van der Waals surface area (Å²) in [6.07, 6.45) is 7.11. The summed E-state index contributed by atoms with van der Waals surface area (Å²) in [5.41, 5.74) is 0.583. The molecule has 1 heterocycles. The van der Waals surface area contributed by atoms with Gasteiger partial charge in [0.25, 0.3) is 0 Å². The molecule has 1 saturated carbocycles. The third-order valence-corrected chi connectivity index (χ3v) is 5.80. The van der Waals surface area contributed by atoms with E-state index in [2.05, 4.69) is 39.8 Å². The van der Waals surface area contributed by atoms with Crippen LogP contribution in [-0.4, -0.2) is 55.4 Å². The molecule has 1 aliphatic heterocycles. The van der Waals surface area contributed by atoms with E-state index >= 15 is 0 Å². The van der Waals surface area contributed by atoms with Gasteiger partial charge in [-0.15, -0.1) is 0 Å². The standard InChI is InChI=1S/C14H27BrN2/c1-16-8-5-13(9-16)10-17(2)12-14(11-15)6-3-4-7-14/h13H,3-12H2,1-2H3. The second kappa shape index (κ2) is 6.03. The fourth-order valence-corrected chi connectivity index (χ4v) is 4.45. The topological polar surface area (TPSA) is 6.48 Å². The zero-order valence-electron chi connectivity index (χ0n) is 11.4. The van der Waals surface area contributed by atoms with Crippen LogP contribution in [0, 0.1) is 11.3 Å². The Balaban J connectivity index is 1.78. The van der Waals surface area contributed by atoms with Crippen molar-refractivity contribution < 1.29 is 0 Å². The van der Waals surface area contributed by atoms with Crippen LogP contribution in [0.25, 0.3) is 0 Å². The molecular formula is C14H27BrN2. The van der Waals surface area contributed by atoms with E-state index in [1.54, 1.807) is 0 Å². The summed E-state index contributed by atoms with van der Waals surface area (Å²) in [6.45, 7) is 5.17. The lowest BCUT2D eigenvalue weighted by molar-refractivity contribution is 0.181. The van der Waals surface area contributed by atoms with E-state index in [0.717, 1.165) is 5.92 Å². The molecule has 1 atom stereocenters. The second-order valence-corrected chi connectivity index (χ2v) is 7.02. The van der Waals surface area contributed by atoms with E-state index in [9.17, 15) is 0 Å². The Morgan fingerprint density at radius 2 is 2.06 bits per heavy atom. The third kappa shape index (κ3) is 3.68. The van der Waals surface area contributed by atoms with Crippen molar-refractivity contribution in [3.63, 3.8) is 0 Å². The quantitative estimate of drug-likeness (QED) is 0.721. The lowest BCUT2D eigenvalue weighted by Gasteiger charge is -2.33. The molecule has 100 valence electrons. The number of alkyl halides is 1. The minimum absolute atomic E-state index is 0.583. The molecular weight excluding hydrogens is 276 g/mol. The first-order chi connectivity index (χ1) is 8.13. The van der Waals surface area contributed by atoms with Gasteiger partial charge in [0.2, 0.25) is 0 Å². The van der Waals surface area contributed by atoms with Crippen LogP contribution in [-0.2, 0) is 0 Å². The van der Waals surface area contributed by atoms with E-state index in [1.807, 2.05) is 0 Å². The monoisotopic (exact) mass is 302 g/mol. The molecule has 0 amide bonds. The SMILES string of the molecule is CN1CCC(CN(C)CC2(CBr)CCCC2)C1. The Morgan fingerprint density at radius 1 is 1.35 bits per heavy atom. The second-order valence-electron chi connectivity index (χ2n) is 6.45. The number of likely N-dealkylation sites (tertiary alicyclic amines) is 1. The number of nitrogens with zero attached hydrogens (tertiary/aromatic N) is 2. The molecule has 2 aliphatic rings. The van der Waals surface area contributed by atoms with E-state index in [4.69, 9.17) is 0 Å². The Labute approximate surface area is 115 Å². The van der Waals surface area contributed by atoms with Crippen molar-refractivity contribution >= 4 is 15.9 Å². The number of halogens is 1. The fraction of sp³-hybridized carbons (Fsp3) is 1.00. The summed E-state index contributed by atoms with van der Waals surface area (Å²) in [7, 11) is 4.57. The molecule has 1 unspecified atom stereocenters. The molecule has 0 radical (unpaired) electrons. The molecule has 0 aromatic rings. The molecule has 2 fully saturated rings. The van der Waals surface area contributed by atoms with Crippen molar-refractivity contribution in [3.05, 3.63) is 0 Å². The molecule has 2 nitrogen and oxygen atoms in total. The van der Waals surface area contributed by atoms with Crippen molar-refractivity contribution in [2.45, 2.75) is 32.1 Å². The van der Waals surface area contributed by atoms with Crippen LogP contribution in [0.4, 0.5) is 0 Å². The van der Waals surface area contributed by atoms with Crippen LogP contribution in [0.5, 0.6) is 0 Å². The van der Waals surface area contributed by atoms with Crippen molar-refractivity contribution in [1.82, 2.24) is 9.80 Å². The Kier molecular flexibility index (Phi) is 4.90. The van der Waals surface area contributed by atoms with E-state index in [0.29, 0.717) is 5.41 Å². The van der Waals surface area contributed by atoms with Crippen molar-refractivity contribution in [3.8, 4) is 0 Å². The van der Waals surface area contributed by atoms with Gasteiger partial charge in [0.1, 0.15) is 0 Å². The molecule has 2 rings (SSSR count). The predicted octanol–water partition coefficient (Wildman–Crippen LogP) is 2.83. The van der Waals surface area contributed by atoms with Gasteiger partial charge in [0.05, 0.1) is 0 Å². The van der Waals surface area contributed by atoms with E-state index in [1.165, 1.54) is 63.6 Å². The fourth-order valence-electron chi connectivity index (χ4n) is 3.71. The van der Waals surface area contributed by atoms with E-state index < -0.39 is 0 Å². The van der Waals surface area contributed by atoms with Crippen LogP contribution >= 0.6 is 15.9 Å². The van der Waals surface area contributed by atoms with Gasteiger partial charge in [-0.05, 0) is 51.2 Å². The highest BCUT2D eigenvalue weighted by Crippen LogP contribution is 2.40. The van der Waals surface area contributed by atoms with Crippen LogP contribution in [0.1, 0.15) is 32.1 Å². The van der Waals surface area contributed by atoms with Gasteiger partial charge in [0, 0.05) is 25.0 Å². The number of hydrogen-bond donors (Lipinski definition) is 0. The first-order valence-electron chi connectivity index (χ1n) is 7.07. The van der Waals surface area contributed by atoms with Gasteiger partial charge in [-0.2, -0.15) is 0 Å². The summed E-state index contributed by atoms with van der Waals surface area (Å²) in [5.74, 6) is 0.902. The maximum Gasteiger partial charge on any atom is 0.0100 e. The van der Waals surface area contributed by atoms with Gasteiger partial charge in [-0.3, -0.25) is 0 Å². The molecule has 0 aromatic carbocycles. The maximum absolute atomic E-state index is 3.75. The summed E-state index contributed by atoms with van der Waals surface area (Å²) in [4.78, 5) is 5.06. The zero-order chi connectivity index (χ0) is 12.3. The largest absolute Gasteiger partial charge is 0.306 e. The highest BCUT2D eigenvalue weighted by Gasteiger charge is 2.34. The molecule has 0 spiro atoms. The summed E-state index contributed by atoms with van der Waals surface area (Å²) < 4.78 is 0. The summed E-state index contributed by atoms with van der Waals surface area (Å²) >= 11 is 3.75. The minimum Gasteiger partial charge on any atom is -0.306 e. The van der Waals surface area contributed by atoms with Crippen LogP contribution < -0.4 is 0 Å². The lowest BCUT2D eigenvalue weighted by atomic mass is 9.88. The molecule has 1 saturated heterocycles. The lowest BCUT2D eigenvalue weighted by Crippen LogP contribution is -2.38. The smallest absolute Gasteiger partial charge is 0.0100 e. The first-order valence-corrected chi connectivity index (χ1v) is 8.19. The third-order valence-electron chi connectivity index (χ3n) is 4.61. The molecule has 3 heteroatoms. The van der Waals surface area contributed by atoms with Gasteiger partial charge in [0.15, 0.2) is 0 Å². The van der Waals surface area contributed by atoms with Crippen molar-refractivity contribution in [2.75, 3.05) is 45.6 Å². The van der Waals surface area contributed by atoms with Crippen molar-refractivity contribution in [2.24, 2.45) is 11.3 Å². The van der Waals surface area contributed by atoms with Gasteiger partial charge in [-0.25, -0.2) is 0 Å². The zero-order valence-corrected chi connectivity index (χ0v) is 13.0. The number of hydrogen-bond acceptors (Lipinski definition) is 2. The van der Waals surface area contributed by atoms with E-state index in [-0.39, 0.29) is 0 Å². The normalized spacial score (nSPS) is 29.3. The molecule has 0 N–H and O–H groups in total. The minimum atomic E-state index is 0.583. The Hall–Kier alpha value is 0.400. The van der Waals surface area contributed by atoms with Gasteiger partial charge < -0.3 is 9.80 Å². The molecule has 0 bridgehead atoms. The summed E-state index contributed by atoms with van der Waals surface area (Å²) in [5, 5.41) is 1.19. The van der Waals surface area contributed by atoms with Crippen molar-refractivity contribution in [1.29, 1.82) is 0 Å². The summed E-state index contributed by atoms with van der Waals surface area (Å²) in [6, 6.07) is 0. The highest BCUT2D eigenvalue weighted by molar-refractivity contribution is 9.09. The van der Waals surface area contributed by atoms with Crippen LogP contribution in [0.3, 0.4) is 0 Å². The Morgan fingerprint density at radius 3 is 2.59 bits per heavy atom. The van der Waals surface area contributed by atoms with Gasteiger partial charge >= 0.3 is 0 Å². The molecule has 0 aromatic heterocycles. The van der Waals surface area contributed by atoms with Crippen LogP contribution in [0.15, 0.2) is 0 Å². The highest BCUT2D eigenvalue weighted by atomic mass is 79.9. The van der Waals surface area contributed by atoms with Crippen LogP contribution in [0.2, 0.25) is 0 Å². The average molecular weight is 303 g/mol. The Bertz CT molecular complexity index is 238. The average Bonchev–Trinajstić information content (AvgIpc) is 2.89. The molecule has 1 aliphatic carbocycles. The van der Waals surface area contributed by atoms with Gasteiger partial charge in [-0.1, -0.05) is 28.8 Å². The first kappa shape index (κ1) is 13.8. The maximum atomic E-state index is 3.75.